The molecule has 3 rings (SSSR count). The molecule has 0 atom stereocenters. The molecule has 3 aromatic rings. The van der Waals surface area contributed by atoms with Crippen LogP contribution in [0.5, 0.6) is 11.5 Å². The van der Waals surface area contributed by atoms with Gasteiger partial charge in [-0.05, 0) is 36.1 Å². The quantitative estimate of drug-likeness (QED) is 0.707. The zero-order valence-corrected chi connectivity index (χ0v) is 13.7. The number of rotatable bonds is 4. The third-order valence-corrected chi connectivity index (χ3v) is 4.29. The number of hydrogen-bond donors (Lipinski definition) is 2. The molecule has 119 valence electrons. The number of phenols is 1. The topological polar surface area (TPSA) is 49.7 Å². The summed E-state index contributed by atoms with van der Waals surface area (Å²) in [6, 6.07) is 19.4. The van der Waals surface area contributed by atoms with Gasteiger partial charge in [0.15, 0.2) is 11.5 Å². The molecule has 0 saturated carbocycles. The van der Waals surface area contributed by atoms with Crippen molar-refractivity contribution in [3.05, 3.63) is 71.8 Å². The molecule has 0 heterocycles. The standard InChI is InChI=1S/C20H18BO3/c1-13-14(2)18(16-11-7-4-8-12-16)20(24-21-23)19(22)17(13)15-9-5-3-6-10-15/h3-12,22-23H,1-2H3. The Balaban J connectivity index is 2.33. The molecule has 2 N–H and O–H groups in total. The minimum absolute atomic E-state index is 0.0217. The maximum absolute atomic E-state index is 10.9. The van der Waals surface area contributed by atoms with E-state index in [1.54, 1.807) is 0 Å². The first-order chi connectivity index (χ1) is 11.6. The fraction of sp³-hybridized carbons (Fsp3) is 0.100. The van der Waals surface area contributed by atoms with Gasteiger partial charge in [-0.3, -0.25) is 0 Å². The Kier molecular flexibility index (Phi) is 4.58. The van der Waals surface area contributed by atoms with Gasteiger partial charge in [-0.2, -0.15) is 0 Å². The molecule has 3 aromatic carbocycles. The van der Waals surface area contributed by atoms with Crippen molar-refractivity contribution in [3.63, 3.8) is 0 Å². The number of hydrogen-bond acceptors (Lipinski definition) is 3. The number of phenolic OH excluding ortho intramolecular Hbond substituents is 1. The summed E-state index contributed by atoms with van der Waals surface area (Å²) in [7, 11) is 0.602. The second-order valence-corrected chi connectivity index (χ2v) is 5.63. The molecule has 0 unspecified atom stereocenters. The summed E-state index contributed by atoms with van der Waals surface area (Å²) in [6.07, 6.45) is 0. The molecule has 0 aliphatic heterocycles. The smallest absolute Gasteiger partial charge is 0.534 e. The lowest BCUT2D eigenvalue weighted by atomic mass is 9.88. The Labute approximate surface area is 142 Å². The van der Waals surface area contributed by atoms with Crippen molar-refractivity contribution in [3.8, 4) is 33.8 Å². The van der Waals surface area contributed by atoms with Crippen LogP contribution in [0.1, 0.15) is 11.1 Å². The molecule has 0 aliphatic rings. The number of aromatic hydroxyl groups is 1. The van der Waals surface area contributed by atoms with Crippen molar-refractivity contribution >= 4 is 7.69 Å². The Morgan fingerprint density at radius 1 is 0.750 bits per heavy atom. The average molecular weight is 317 g/mol. The minimum atomic E-state index is 0.0217. The predicted octanol–water partition coefficient (Wildman–Crippen LogP) is 4.25. The summed E-state index contributed by atoms with van der Waals surface area (Å²) in [4.78, 5) is 0. The van der Waals surface area contributed by atoms with Crippen LogP contribution in [0.2, 0.25) is 0 Å². The normalized spacial score (nSPS) is 10.5. The van der Waals surface area contributed by atoms with Crippen LogP contribution in [0.3, 0.4) is 0 Å². The molecule has 3 nitrogen and oxygen atoms in total. The van der Waals surface area contributed by atoms with Gasteiger partial charge in [0.25, 0.3) is 0 Å². The van der Waals surface area contributed by atoms with E-state index in [0.29, 0.717) is 13.2 Å². The van der Waals surface area contributed by atoms with Crippen molar-refractivity contribution in [2.24, 2.45) is 0 Å². The van der Waals surface area contributed by atoms with Crippen molar-refractivity contribution in [2.75, 3.05) is 0 Å². The van der Waals surface area contributed by atoms with E-state index in [2.05, 4.69) is 0 Å². The van der Waals surface area contributed by atoms with Crippen molar-refractivity contribution in [1.82, 2.24) is 0 Å². The highest BCUT2D eigenvalue weighted by Gasteiger charge is 2.22. The van der Waals surface area contributed by atoms with Gasteiger partial charge < -0.3 is 14.8 Å². The zero-order chi connectivity index (χ0) is 17.1. The lowest BCUT2D eigenvalue weighted by Gasteiger charge is -2.21. The van der Waals surface area contributed by atoms with Gasteiger partial charge in [-0.15, -0.1) is 0 Å². The summed E-state index contributed by atoms with van der Waals surface area (Å²) in [5, 5.41) is 20.0. The van der Waals surface area contributed by atoms with Crippen LogP contribution in [0, 0.1) is 13.8 Å². The van der Waals surface area contributed by atoms with E-state index >= 15 is 0 Å². The van der Waals surface area contributed by atoms with Gasteiger partial charge in [0, 0.05) is 11.1 Å². The van der Waals surface area contributed by atoms with Crippen molar-refractivity contribution in [1.29, 1.82) is 0 Å². The zero-order valence-electron chi connectivity index (χ0n) is 13.7. The first-order valence-corrected chi connectivity index (χ1v) is 7.74. The van der Waals surface area contributed by atoms with Crippen LogP contribution in [0.4, 0.5) is 0 Å². The van der Waals surface area contributed by atoms with Crippen LogP contribution < -0.4 is 4.65 Å². The van der Waals surface area contributed by atoms with E-state index in [0.717, 1.165) is 27.8 Å². The van der Waals surface area contributed by atoms with Gasteiger partial charge >= 0.3 is 7.69 Å². The van der Waals surface area contributed by atoms with E-state index in [-0.39, 0.29) is 11.5 Å². The second-order valence-electron chi connectivity index (χ2n) is 5.63. The highest BCUT2D eigenvalue weighted by molar-refractivity contribution is 6.18. The van der Waals surface area contributed by atoms with Crippen LogP contribution in [-0.2, 0) is 0 Å². The first kappa shape index (κ1) is 16.2. The second kappa shape index (κ2) is 6.81. The Morgan fingerprint density at radius 3 is 1.71 bits per heavy atom. The molecule has 24 heavy (non-hydrogen) atoms. The molecule has 0 aliphatic carbocycles. The monoisotopic (exact) mass is 317 g/mol. The summed E-state index contributed by atoms with van der Waals surface area (Å²) in [5.74, 6) is 0.277. The third kappa shape index (κ3) is 2.77. The van der Waals surface area contributed by atoms with Gasteiger partial charge in [-0.25, -0.2) is 0 Å². The molecule has 0 bridgehead atoms. The minimum Gasteiger partial charge on any atom is -0.534 e. The summed E-state index contributed by atoms with van der Waals surface area (Å²) in [5.41, 5.74) is 5.28. The summed E-state index contributed by atoms with van der Waals surface area (Å²) >= 11 is 0. The van der Waals surface area contributed by atoms with Crippen molar-refractivity contribution < 1.29 is 14.8 Å². The predicted molar refractivity (Wildman–Crippen MR) is 97.1 cm³/mol. The largest absolute Gasteiger partial charge is 0.569 e. The van der Waals surface area contributed by atoms with Crippen molar-refractivity contribution in [2.45, 2.75) is 13.8 Å². The molecule has 0 fully saturated rings. The molecule has 4 heteroatoms. The van der Waals surface area contributed by atoms with Crippen LogP contribution in [0.15, 0.2) is 60.7 Å². The molecular weight excluding hydrogens is 299 g/mol. The Bertz CT molecular complexity index is 846. The summed E-state index contributed by atoms with van der Waals surface area (Å²) < 4.78 is 5.30. The lowest BCUT2D eigenvalue weighted by Crippen LogP contribution is -2.05. The van der Waals surface area contributed by atoms with Gasteiger partial charge in [0.1, 0.15) is 0 Å². The van der Waals surface area contributed by atoms with Gasteiger partial charge in [0.2, 0.25) is 0 Å². The van der Waals surface area contributed by atoms with Crippen LogP contribution >= 0.6 is 0 Å². The van der Waals surface area contributed by atoms with E-state index in [1.165, 1.54) is 0 Å². The molecule has 0 saturated heterocycles. The molecule has 0 spiro atoms. The van der Waals surface area contributed by atoms with E-state index in [9.17, 15) is 10.1 Å². The molecular formula is C20H18BO3. The maximum Gasteiger partial charge on any atom is 0.569 e. The average Bonchev–Trinajstić information content (AvgIpc) is 2.62. The first-order valence-electron chi connectivity index (χ1n) is 7.74. The van der Waals surface area contributed by atoms with E-state index in [1.807, 2.05) is 74.5 Å². The number of benzene rings is 3. The van der Waals surface area contributed by atoms with Crippen LogP contribution in [0.25, 0.3) is 22.3 Å². The van der Waals surface area contributed by atoms with Crippen LogP contribution in [-0.4, -0.2) is 17.8 Å². The highest BCUT2D eigenvalue weighted by Crippen LogP contribution is 2.48. The SMILES string of the molecule is Cc1c(C)c(-c2ccccc2)c(O[B]O)c(O)c1-c1ccccc1. The Morgan fingerprint density at radius 2 is 1.21 bits per heavy atom. The maximum atomic E-state index is 10.9. The molecule has 0 aromatic heterocycles. The van der Waals surface area contributed by atoms with E-state index < -0.39 is 0 Å². The lowest BCUT2D eigenvalue weighted by molar-refractivity contribution is 0.412. The fourth-order valence-electron chi connectivity index (χ4n) is 3.03. The van der Waals surface area contributed by atoms with Gasteiger partial charge in [-0.1, -0.05) is 60.7 Å². The summed E-state index contributed by atoms with van der Waals surface area (Å²) in [6.45, 7) is 3.98. The van der Waals surface area contributed by atoms with Gasteiger partial charge in [0.05, 0.1) is 0 Å². The molecule has 1 radical (unpaired) electrons. The fourth-order valence-corrected chi connectivity index (χ4v) is 3.03. The third-order valence-electron chi connectivity index (χ3n) is 4.29. The molecule has 0 amide bonds. The highest BCUT2D eigenvalue weighted by atomic mass is 16.5. The Hall–Kier alpha value is -2.72. The van der Waals surface area contributed by atoms with E-state index in [4.69, 9.17) is 4.65 Å².